The van der Waals surface area contributed by atoms with Gasteiger partial charge in [0, 0.05) is 21.2 Å². The number of rotatable bonds is 3. The minimum absolute atomic E-state index is 0.0180. The largest absolute Gasteiger partial charge is 0.393 e. The molecule has 0 unspecified atom stereocenters. The Morgan fingerprint density at radius 1 is 1.53 bits per heavy atom. The minimum Gasteiger partial charge on any atom is -0.393 e. The summed E-state index contributed by atoms with van der Waals surface area (Å²) in [6.45, 7) is 0.598. The Hall–Kier alpha value is -0.220. The molecule has 1 saturated carbocycles. The van der Waals surface area contributed by atoms with Gasteiger partial charge in [0.2, 0.25) is 0 Å². The zero-order chi connectivity index (χ0) is 10.9. The van der Waals surface area contributed by atoms with Gasteiger partial charge in [0.1, 0.15) is 0 Å². The van der Waals surface area contributed by atoms with Crippen molar-refractivity contribution in [3.63, 3.8) is 0 Å². The van der Waals surface area contributed by atoms with Gasteiger partial charge in [-0.25, -0.2) is 0 Å². The van der Waals surface area contributed by atoms with E-state index in [2.05, 4.69) is 0 Å². The fourth-order valence-corrected chi connectivity index (χ4v) is 3.59. The van der Waals surface area contributed by atoms with E-state index in [1.807, 2.05) is 24.3 Å². The normalized spacial score (nSPS) is 29.9. The molecule has 0 bridgehead atoms. The molecule has 1 aliphatic carbocycles. The summed E-state index contributed by atoms with van der Waals surface area (Å²) in [5.41, 5.74) is 5.75. The van der Waals surface area contributed by atoms with Crippen molar-refractivity contribution in [2.45, 2.75) is 28.6 Å². The van der Waals surface area contributed by atoms with E-state index in [-0.39, 0.29) is 10.9 Å². The third kappa shape index (κ3) is 2.48. The Bertz CT molecular complexity index is 352. The first-order chi connectivity index (χ1) is 7.13. The van der Waals surface area contributed by atoms with Crippen molar-refractivity contribution in [3.8, 4) is 0 Å². The maximum Gasteiger partial charge on any atom is 0.0568 e. The number of benzene rings is 1. The van der Waals surface area contributed by atoms with Gasteiger partial charge in [0.05, 0.1) is 6.10 Å². The maximum absolute atomic E-state index is 9.35. The number of nitrogens with two attached hydrogens (primary N) is 1. The lowest BCUT2D eigenvalue weighted by molar-refractivity contribution is 0.0643. The quantitative estimate of drug-likeness (QED) is 0.856. The van der Waals surface area contributed by atoms with Crippen LogP contribution in [0, 0.1) is 0 Å². The summed E-state index contributed by atoms with van der Waals surface area (Å²) >= 11 is 7.64. The maximum atomic E-state index is 9.35. The molecule has 15 heavy (non-hydrogen) atoms. The SMILES string of the molecule is NCC1(Sc2cccc(Cl)c2)CC(O)C1. The Kier molecular flexibility index (Phi) is 3.26. The monoisotopic (exact) mass is 243 g/mol. The van der Waals surface area contributed by atoms with Gasteiger partial charge >= 0.3 is 0 Å². The Labute approximate surface area is 98.8 Å². The van der Waals surface area contributed by atoms with Crippen LogP contribution >= 0.6 is 23.4 Å². The third-order valence-electron chi connectivity index (χ3n) is 2.72. The highest BCUT2D eigenvalue weighted by Gasteiger charge is 2.43. The molecule has 0 aromatic heterocycles. The van der Waals surface area contributed by atoms with Crippen LogP contribution in [0.4, 0.5) is 0 Å². The molecule has 1 aromatic carbocycles. The Morgan fingerprint density at radius 3 is 2.80 bits per heavy atom. The van der Waals surface area contributed by atoms with Crippen molar-refractivity contribution in [2.75, 3.05) is 6.54 Å². The molecule has 1 fully saturated rings. The average Bonchev–Trinajstić information content (AvgIpc) is 2.15. The van der Waals surface area contributed by atoms with E-state index in [0.717, 1.165) is 22.8 Å². The van der Waals surface area contributed by atoms with Crippen molar-refractivity contribution < 1.29 is 5.11 Å². The number of halogens is 1. The minimum atomic E-state index is -0.180. The van der Waals surface area contributed by atoms with Crippen molar-refractivity contribution in [3.05, 3.63) is 29.3 Å². The standard InChI is InChI=1S/C11H14ClNOS/c12-8-2-1-3-10(4-8)15-11(7-13)5-9(14)6-11/h1-4,9,14H,5-7,13H2. The Morgan fingerprint density at radius 2 is 2.27 bits per heavy atom. The van der Waals surface area contributed by atoms with Gasteiger partial charge in [0.15, 0.2) is 0 Å². The number of aliphatic hydroxyl groups is 1. The smallest absolute Gasteiger partial charge is 0.0568 e. The molecule has 4 heteroatoms. The van der Waals surface area contributed by atoms with E-state index in [1.165, 1.54) is 0 Å². The molecule has 0 spiro atoms. The highest BCUT2D eigenvalue weighted by molar-refractivity contribution is 8.00. The summed E-state index contributed by atoms with van der Waals surface area (Å²) in [5.74, 6) is 0. The fourth-order valence-electron chi connectivity index (χ4n) is 1.87. The van der Waals surface area contributed by atoms with Gasteiger partial charge in [-0.1, -0.05) is 17.7 Å². The third-order valence-corrected chi connectivity index (χ3v) is 4.38. The first-order valence-electron chi connectivity index (χ1n) is 4.96. The second-order valence-electron chi connectivity index (χ2n) is 4.01. The van der Waals surface area contributed by atoms with Gasteiger partial charge < -0.3 is 10.8 Å². The van der Waals surface area contributed by atoms with Crippen molar-refractivity contribution in [2.24, 2.45) is 5.73 Å². The van der Waals surface area contributed by atoms with E-state index in [0.29, 0.717) is 6.54 Å². The fraction of sp³-hybridized carbons (Fsp3) is 0.455. The van der Waals surface area contributed by atoms with Gasteiger partial charge in [0.25, 0.3) is 0 Å². The van der Waals surface area contributed by atoms with Gasteiger partial charge in [-0.05, 0) is 31.0 Å². The van der Waals surface area contributed by atoms with E-state index in [4.69, 9.17) is 17.3 Å². The molecule has 0 heterocycles. The molecule has 0 aliphatic heterocycles. The summed E-state index contributed by atoms with van der Waals surface area (Å²) in [6.07, 6.45) is 1.38. The molecular weight excluding hydrogens is 230 g/mol. The van der Waals surface area contributed by atoms with E-state index in [1.54, 1.807) is 11.8 Å². The summed E-state index contributed by atoms with van der Waals surface area (Å²) in [4.78, 5) is 1.12. The first kappa shape index (κ1) is 11.3. The van der Waals surface area contributed by atoms with Crippen LogP contribution in [0.25, 0.3) is 0 Å². The first-order valence-corrected chi connectivity index (χ1v) is 6.16. The van der Waals surface area contributed by atoms with E-state index < -0.39 is 0 Å². The van der Waals surface area contributed by atoms with Crippen molar-refractivity contribution >= 4 is 23.4 Å². The van der Waals surface area contributed by atoms with Crippen LogP contribution in [0.2, 0.25) is 5.02 Å². The molecule has 82 valence electrons. The van der Waals surface area contributed by atoms with Gasteiger partial charge in [-0.15, -0.1) is 11.8 Å². The highest BCUT2D eigenvalue weighted by Crippen LogP contribution is 2.47. The highest BCUT2D eigenvalue weighted by atomic mass is 35.5. The number of hydrogen-bond acceptors (Lipinski definition) is 3. The molecule has 1 aliphatic rings. The molecule has 0 atom stereocenters. The lowest BCUT2D eigenvalue weighted by Gasteiger charge is -2.44. The molecule has 0 saturated heterocycles. The number of thioether (sulfide) groups is 1. The number of aliphatic hydroxyl groups excluding tert-OH is 1. The summed E-state index contributed by atoms with van der Waals surface area (Å²) in [5, 5.41) is 10.1. The lowest BCUT2D eigenvalue weighted by atomic mass is 9.81. The van der Waals surface area contributed by atoms with Gasteiger partial charge in [-0.2, -0.15) is 0 Å². The predicted octanol–water partition coefficient (Wildman–Crippen LogP) is 2.28. The molecule has 3 N–H and O–H groups in total. The summed E-state index contributed by atoms with van der Waals surface area (Å²) in [7, 11) is 0. The lowest BCUT2D eigenvalue weighted by Crippen LogP contribution is -2.49. The van der Waals surface area contributed by atoms with Crippen LogP contribution < -0.4 is 5.73 Å². The van der Waals surface area contributed by atoms with Crippen molar-refractivity contribution in [1.82, 2.24) is 0 Å². The van der Waals surface area contributed by atoms with Crippen LogP contribution in [0.3, 0.4) is 0 Å². The van der Waals surface area contributed by atoms with E-state index in [9.17, 15) is 5.11 Å². The summed E-state index contributed by atoms with van der Waals surface area (Å²) < 4.78 is 0.0180. The molecule has 1 aromatic rings. The number of hydrogen-bond donors (Lipinski definition) is 2. The van der Waals surface area contributed by atoms with Crippen LogP contribution in [-0.4, -0.2) is 22.5 Å². The molecule has 2 nitrogen and oxygen atoms in total. The predicted molar refractivity (Wildman–Crippen MR) is 64.3 cm³/mol. The van der Waals surface area contributed by atoms with Crippen LogP contribution in [0.1, 0.15) is 12.8 Å². The zero-order valence-electron chi connectivity index (χ0n) is 8.32. The van der Waals surface area contributed by atoms with E-state index >= 15 is 0 Å². The second kappa shape index (κ2) is 4.34. The molecular formula is C11H14ClNOS. The van der Waals surface area contributed by atoms with Gasteiger partial charge in [-0.3, -0.25) is 0 Å². The van der Waals surface area contributed by atoms with Crippen molar-refractivity contribution in [1.29, 1.82) is 0 Å². The Balaban J connectivity index is 2.07. The second-order valence-corrected chi connectivity index (χ2v) is 5.99. The van der Waals surface area contributed by atoms with Crippen LogP contribution in [-0.2, 0) is 0 Å². The molecule has 0 radical (unpaired) electrons. The molecule has 2 rings (SSSR count). The topological polar surface area (TPSA) is 46.2 Å². The zero-order valence-corrected chi connectivity index (χ0v) is 9.89. The van der Waals surface area contributed by atoms with Crippen LogP contribution in [0.15, 0.2) is 29.2 Å². The molecule has 0 amide bonds. The van der Waals surface area contributed by atoms with Crippen LogP contribution in [0.5, 0.6) is 0 Å². The summed E-state index contributed by atoms with van der Waals surface area (Å²) in [6, 6.07) is 7.76. The average molecular weight is 244 g/mol.